The number of non-ortho nitro benzene ring substituents is 1. The fourth-order valence-corrected chi connectivity index (χ4v) is 2.70. The molecule has 0 unspecified atom stereocenters. The van der Waals surface area contributed by atoms with E-state index in [1.165, 1.54) is 31.4 Å². The summed E-state index contributed by atoms with van der Waals surface area (Å²) in [5.74, 6) is 0. The molecule has 1 aliphatic carbocycles. The van der Waals surface area contributed by atoms with Crippen LogP contribution in [0, 0.1) is 10.1 Å². The van der Waals surface area contributed by atoms with Gasteiger partial charge in [-0.2, -0.15) is 5.10 Å². The molecule has 6 nitrogen and oxygen atoms in total. The number of hydrazone groups is 1. The third kappa shape index (κ3) is 4.77. The van der Waals surface area contributed by atoms with E-state index in [-0.39, 0.29) is 5.69 Å². The van der Waals surface area contributed by atoms with Gasteiger partial charge in [-0.1, -0.05) is 19.3 Å². The number of nitro benzene ring substituents is 1. The number of rotatable bonds is 4. The Balaban J connectivity index is 1.88. The predicted molar refractivity (Wildman–Crippen MR) is 91.0 cm³/mol. The largest absolute Gasteiger partial charge is 0.359 e. The van der Waals surface area contributed by atoms with Gasteiger partial charge in [-0.3, -0.25) is 15.5 Å². The van der Waals surface area contributed by atoms with Crippen molar-refractivity contribution in [2.75, 3.05) is 0 Å². The summed E-state index contributed by atoms with van der Waals surface area (Å²) in [6.45, 7) is 1.83. The molecular weight excluding hydrogens is 300 g/mol. The van der Waals surface area contributed by atoms with Gasteiger partial charge >= 0.3 is 0 Å². The molecule has 7 heteroatoms. The number of hydrogen-bond acceptors (Lipinski definition) is 4. The summed E-state index contributed by atoms with van der Waals surface area (Å²) in [6.07, 6.45) is 6.08. The Morgan fingerprint density at radius 3 is 2.50 bits per heavy atom. The van der Waals surface area contributed by atoms with Gasteiger partial charge in [0, 0.05) is 18.2 Å². The molecule has 1 fully saturated rings. The van der Waals surface area contributed by atoms with Crippen molar-refractivity contribution in [3.8, 4) is 0 Å². The molecule has 1 aromatic rings. The fourth-order valence-electron chi connectivity index (χ4n) is 2.49. The monoisotopic (exact) mass is 320 g/mol. The van der Waals surface area contributed by atoms with E-state index in [0.29, 0.717) is 11.2 Å². The zero-order chi connectivity index (χ0) is 15.9. The lowest BCUT2D eigenvalue weighted by Gasteiger charge is -2.23. The smallest absolute Gasteiger partial charge is 0.269 e. The van der Waals surface area contributed by atoms with Gasteiger partial charge in [0.05, 0.1) is 10.6 Å². The van der Waals surface area contributed by atoms with Crippen LogP contribution in [0.5, 0.6) is 0 Å². The normalized spacial score (nSPS) is 16.1. The van der Waals surface area contributed by atoms with Crippen LogP contribution in [-0.2, 0) is 0 Å². The summed E-state index contributed by atoms with van der Waals surface area (Å²) < 4.78 is 0. The SMILES string of the molecule is C/C(=N/NC(=S)NC1CCCCC1)c1ccc([N+](=O)[O-])cc1. The summed E-state index contributed by atoms with van der Waals surface area (Å²) >= 11 is 5.24. The number of benzene rings is 1. The van der Waals surface area contributed by atoms with E-state index in [1.807, 2.05) is 6.92 Å². The first-order valence-electron chi connectivity index (χ1n) is 7.42. The van der Waals surface area contributed by atoms with Gasteiger partial charge in [0.15, 0.2) is 5.11 Å². The van der Waals surface area contributed by atoms with Crippen LogP contribution in [-0.4, -0.2) is 21.8 Å². The second-order valence-corrected chi connectivity index (χ2v) is 5.83. The molecule has 0 saturated heterocycles. The number of hydrogen-bond donors (Lipinski definition) is 2. The minimum atomic E-state index is -0.419. The molecule has 0 amide bonds. The number of nitrogens with one attached hydrogen (secondary N) is 2. The maximum atomic E-state index is 10.6. The average Bonchev–Trinajstić information content (AvgIpc) is 2.53. The Kier molecular flexibility index (Phi) is 5.83. The molecule has 0 atom stereocenters. The van der Waals surface area contributed by atoms with Gasteiger partial charge in [-0.05, 0) is 49.7 Å². The highest BCUT2D eigenvalue weighted by Gasteiger charge is 2.13. The van der Waals surface area contributed by atoms with E-state index in [9.17, 15) is 10.1 Å². The van der Waals surface area contributed by atoms with Crippen molar-refractivity contribution < 1.29 is 4.92 Å². The van der Waals surface area contributed by atoms with Crippen LogP contribution < -0.4 is 10.7 Å². The molecule has 22 heavy (non-hydrogen) atoms. The van der Waals surface area contributed by atoms with E-state index in [2.05, 4.69) is 15.8 Å². The Hall–Kier alpha value is -2.02. The molecule has 0 radical (unpaired) electrons. The van der Waals surface area contributed by atoms with E-state index >= 15 is 0 Å². The van der Waals surface area contributed by atoms with Gasteiger partial charge in [0.2, 0.25) is 0 Å². The molecule has 1 aromatic carbocycles. The molecule has 0 bridgehead atoms. The summed E-state index contributed by atoms with van der Waals surface area (Å²) in [7, 11) is 0. The molecule has 0 aliphatic heterocycles. The van der Waals surface area contributed by atoms with Crippen LogP contribution in [0.4, 0.5) is 5.69 Å². The first kappa shape index (κ1) is 16.4. The third-order valence-electron chi connectivity index (χ3n) is 3.76. The molecule has 1 aliphatic rings. The summed E-state index contributed by atoms with van der Waals surface area (Å²) in [5, 5.41) is 18.6. The van der Waals surface area contributed by atoms with Gasteiger partial charge < -0.3 is 5.32 Å². The average molecular weight is 320 g/mol. The molecule has 0 aromatic heterocycles. The first-order valence-corrected chi connectivity index (χ1v) is 7.82. The zero-order valence-corrected chi connectivity index (χ0v) is 13.4. The lowest BCUT2D eigenvalue weighted by molar-refractivity contribution is -0.384. The Morgan fingerprint density at radius 1 is 1.27 bits per heavy atom. The molecule has 1 saturated carbocycles. The van der Waals surface area contributed by atoms with Crippen molar-refractivity contribution in [3.05, 3.63) is 39.9 Å². The molecular formula is C15H20N4O2S. The van der Waals surface area contributed by atoms with Crippen LogP contribution in [0.1, 0.15) is 44.6 Å². The summed E-state index contributed by atoms with van der Waals surface area (Å²) in [5.41, 5.74) is 4.45. The minimum Gasteiger partial charge on any atom is -0.359 e. The maximum absolute atomic E-state index is 10.6. The van der Waals surface area contributed by atoms with Crippen LogP contribution in [0.3, 0.4) is 0 Å². The van der Waals surface area contributed by atoms with Gasteiger partial charge in [0.1, 0.15) is 0 Å². The van der Waals surface area contributed by atoms with Gasteiger partial charge in [-0.15, -0.1) is 0 Å². The molecule has 0 heterocycles. The quantitative estimate of drug-likeness (QED) is 0.386. The number of nitrogens with zero attached hydrogens (tertiary/aromatic N) is 2. The highest BCUT2D eigenvalue weighted by molar-refractivity contribution is 7.80. The van der Waals surface area contributed by atoms with Crippen molar-refractivity contribution in [2.45, 2.75) is 45.1 Å². The molecule has 2 rings (SSSR count). The van der Waals surface area contributed by atoms with Gasteiger partial charge in [0.25, 0.3) is 5.69 Å². The van der Waals surface area contributed by atoms with Crippen LogP contribution >= 0.6 is 12.2 Å². The Bertz CT molecular complexity index is 565. The van der Waals surface area contributed by atoms with E-state index < -0.39 is 4.92 Å². The Morgan fingerprint density at radius 2 is 1.91 bits per heavy atom. The number of nitro groups is 1. The standard InChI is InChI=1S/C15H20N4O2S/c1-11(12-7-9-14(10-8-12)19(20)21)17-18-15(22)16-13-5-3-2-4-6-13/h7-10,13H,2-6H2,1H3,(H2,16,18,22)/b17-11-. The second-order valence-electron chi connectivity index (χ2n) is 5.42. The highest BCUT2D eigenvalue weighted by atomic mass is 32.1. The lowest BCUT2D eigenvalue weighted by atomic mass is 9.96. The van der Waals surface area contributed by atoms with E-state index in [1.54, 1.807) is 12.1 Å². The van der Waals surface area contributed by atoms with Crippen molar-refractivity contribution in [2.24, 2.45) is 5.10 Å². The lowest BCUT2D eigenvalue weighted by Crippen LogP contribution is -2.41. The maximum Gasteiger partial charge on any atom is 0.269 e. The second kappa shape index (κ2) is 7.84. The summed E-state index contributed by atoms with van der Waals surface area (Å²) in [4.78, 5) is 10.2. The van der Waals surface area contributed by atoms with Crippen LogP contribution in [0.15, 0.2) is 29.4 Å². The molecule has 2 N–H and O–H groups in total. The van der Waals surface area contributed by atoms with Crippen molar-refractivity contribution >= 4 is 28.7 Å². The van der Waals surface area contributed by atoms with E-state index in [0.717, 1.165) is 24.1 Å². The van der Waals surface area contributed by atoms with Crippen molar-refractivity contribution in [1.29, 1.82) is 0 Å². The zero-order valence-electron chi connectivity index (χ0n) is 12.5. The minimum absolute atomic E-state index is 0.0685. The first-order chi connectivity index (χ1) is 10.6. The van der Waals surface area contributed by atoms with Crippen LogP contribution in [0.25, 0.3) is 0 Å². The van der Waals surface area contributed by atoms with E-state index in [4.69, 9.17) is 12.2 Å². The highest BCUT2D eigenvalue weighted by Crippen LogP contribution is 2.17. The third-order valence-corrected chi connectivity index (χ3v) is 3.97. The summed E-state index contributed by atoms with van der Waals surface area (Å²) in [6, 6.07) is 6.72. The van der Waals surface area contributed by atoms with Gasteiger partial charge in [-0.25, -0.2) is 0 Å². The molecule has 0 spiro atoms. The fraction of sp³-hybridized carbons (Fsp3) is 0.467. The number of thiocarbonyl (C=S) groups is 1. The molecule has 118 valence electrons. The van der Waals surface area contributed by atoms with Crippen molar-refractivity contribution in [3.63, 3.8) is 0 Å². The van der Waals surface area contributed by atoms with Crippen molar-refractivity contribution in [1.82, 2.24) is 10.7 Å². The topological polar surface area (TPSA) is 79.6 Å². The predicted octanol–water partition coefficient (Wildman–Crippen LogP) is 3.12. The van der Waals surface area contributed by atoms with Crippen LogP contribution in [0.2, 0.25) is 0 Å². The Labute approximate surface area is 135 Å².